The van der Waals surface area contributed by atoms with Crippen LogP contribution in [0.5, 0.6) is 0 Å². The van der Waals surface area contributed by atoms with Gasteiger partial charge in [0.15, 0.2) is 0 Å². The van der Waals surface area contributed by atoms with Gasteiger partial charge in [0.1, 0.15) is 5.78 Å². The standard InChI is InChI=1S/C14H29NO/c1-8-9-14(5,6)13(16)11(3)10(2)12(4)15-7/h10-12,15H,8-9H2,1-7H3/t10?,11?,12-/m1/s1. The fourth-order valence-electron chi connectivity index (χ4n) is 2.30. The van der Waals surface area contributed by atoms with Crippen molar-refractivity contribution in [3.63, 3.8) is 0 Å². The Morgan fingerprint density at radius 1 is 1.25 bits per heavy atom. The molecule has 0 bridgehead atoms. The number of hydrogen-bond donors (Lipinski definition) is 1. The monoisotopic (exact) mass is 227 g/mol. The first-order valence-corrected chi connectivity index (χ1v) is 6.49. The van der Waals surface area contributed by atoms with E-state index in [-0.39, 0.29) is 11.3 Å². The van der Waals surface area contributed by atoms with E-state index < -0.39 is 0 Å². The summed E-state index contributed by atoms with van der Waals surface area (Å²) in [6, 6.07) is 0.386. The van der Waals surface area contributed by atoms with Gasteiger partial charge in [-0.15, -0.1) is 0 Å². The average Bonchev–Trinajstić information content (AvgIpc) is 2.24. The first-order valence-electron chi connectivity index (χ1n) is 6.49. The van der Waals surface area contributed by atoms with Gasteiger partial charge in [-0.05, 0) is 26.3 Å². The van der Waals surface area contributed by atoms with Crippen molar-refractivity contribution in [1.29, 1.82) is 0 Å². The van der Waals surface area contributed by atoms with Gasteiger partial charge in [-0.1, -0.05) is 41.0 Å². The molecule has 0 aromatic rings. The Morgan fingerprint density at radius 3 is 2.12 bits per heavy atom. The number of ketones is 1. The maximum Gasteiger partial charge on any atom is 0.141 e. The van der Waals surface area contributed by atoms with Crippen LogP contribution in [0, 0.1) is 17.3 Å². The van der Waals surface area contributed by atoms with E-state index in [1.807, 2.05) is 7.05 Å². The summed E-state index contributed by atoms with van der Waals surface area (Å²) in [5.74, 6) is 0.918. The van der Waals surface area contributed by atoms with E-state index >= 15 is 0 Å². The number of hydrogen-bond acceptors (Lipinski definition) is 2. The average molecular weight is 227 g/mol. The van der Waals surface area contributed by atoms with E-state index in [0.29, 0.717) is 17.7 Å². The van der Waals surface area contributed by atoms with E-state index in [1.165, 1.54) is 0 Å². The second-order valence-corrected chi connectivity index (χ2v) is 5.72. The highest BCUT2D eigenvalue weighted by Gasteiger charge is 2.34. The highest BCUT2D eigenvalue weighted by Crippen LogP contribution is 2.30. The minimum Gasteiger partial charge on any atom is -0.317 e. The van der Waals surface area contributed by atoms with Crippen LogP contribution in [0.15, 0.2) is 0 Å². The molecule has 0 aliphatic carbocycles. The third-order valence-corrected chi connectivity index (χ3v) is 3.99. The number of nitrogens with one attached hydrogen (secondary N) is 1. The van der Waals surface area contributed by atoms with E-state index in [0.717, 1.165) is 12.8 Å². The molecule has 2 unspecified atom stereocenters. The van der Waals surface area contributed by atoms with Gasteiger partial charge in [0, 0.05) is 17.4 Å². The summed E-state index contributed by atoms with van der Waals surface area (Å²) in [7, 11) is 1.95. The smallest absolute Gasteiger partial charge is 0.141 e. The van der Waals surface area contributed by atoms with Crippen molar-refractivity contribution < 1.29 is 4.79 Å². The van der Waals surface area contributed by atoms with Crippen molar-refractivity contribution in [1.82, 2.24) is 5.32 Å². The fourth-order valence-corrected chi connectivity index (χ4v) is 2.30. The van der Waals surface area contributed by atoms with Crippen LogP contribution < -0.4 is 5.32 Å². The lowest BCUT2D eigenvalue weighted by Crippen LogP contribution is -2.40. The zero-order chi connectivity index (χ0) is 12.9. The van der Waals surface area contributed by atoms with Gasteiger partial charge in [-0.2, -0.15) is 0 Å². The fraction of sp³-hybridized carbons (Fsp3) is 0.929. The van der Waals surface area contributed by atoms with Gasteiger partial charge in [-0.25, -0.2) is 0 Å². The molecule has 2 heteroatoms. The van der Waals surface area contributed by atoms with Crippen molar-refractivity contribution in [3.05, 3.63) is 0 Å². The van der Waals surface area contributed by atoms with Crippen molar-refractivity contribution in [2.75, 3.05) is 7.05 Å². The predicted octanol–water partition coefficient (Wildman–Crippen LogP) is 3.26. The topological polar surface area (TPSA) is 29.1 Å². The maximum atomic E-state index is 12.4. The maximum absolute atomic E-state index is 12.4. The largest absolute Gasteiger partial charge is 0.317 e. The molecule has 0 aliphatic rings. The minimum atomic E-state index is -0.171. The van der Waals surface area contributed by atoms with E-state index in [9.17, 15) is 4.79 Å². The Hall–Kier alpha value is -0.370. The van der Waals surface area contributed by atoms with Crippen LogP contribution in [0.25, 0.3) is 0 Å². The van der Waals surface area contributed by atoms with Gasteiger partial charge >= 0.3 is 0 Å². The molecule has 0 amide bonds. The van der Waals surface area contributed by atoms with Gasteiger partial charge in [0.2, 0.25) is 0 Å². The molecule has 0 fully saturated rings. The molecule has 0 saturated heterocycles. The lowest BCUT2D eigenvalue weighted by Gasteiger charge is -2.31. The molecule has 0 aromatic carbocycles. The molecule has 0 radical (unpaired) electrons. The number of carbonyl (C=O) groups is 1. The van der Waals surface area contributed by atoms with Crippen LogP contribution >= 0.6 is 0 Å². The molecule has 0 aromatic heterocycles. The molecule has 0 spiro atoms. The lowest BCUT2D eigenvalue weighted by molar-refractivity contribution is -0.132. The molecular weight excluding hydrogens is 198 g/mol. The summed E-state index contributed by atoms with van der Waals surface area (Å²) in [5, 5.41) is 3.23. The Kier molecular flexibility index (Phi) is 6.24. The third-order valence-electron chi connectivity index (χ3n) is 3.99. The van der Waals surface area contributed by atoms with Gasteiger partial charge in [0.25, 0.3) is 0 Å². The summed E-state index contributed by atoms with van der Waals surface area (Å²) in [4.78, 5) is 12.4. The Morgan fingerprint density at radius 2 is 1.75 bits per heavy atom. The zero-order valence-electron chi connectivity index (χ0n) is 12.1. The second-order valence-electron chi connectivity index (χ2n) is 5.72. The second kappa shape index (κ2) is 6.39. The number of Topliss-reactive ketones (excluding diaryl/α,β-unsaturated/α-hetero) is 1. The van der Waals surface area contributed by atoms with Crippen molar-refractivity contribution >= 4 is 5.78 Å². The SMILES string of the molecule is CCCC(C)(C)C(=O)C(C)C(C)[C@@H](C)NC. The molecule has 1 N–H and O–H groups in total. The van der Waals surface area contributed by atoms with E-state index in [4.69, 9.17) is 0 Å². The highest BCUT2D eigenvalue weighted by atomic mass is 16.1. The predicted molar refractivity (Wildman–Crippen MR) is 70.5 cm³/mol. The minimum absolute atomic E-state index is 0.129. The molecule has 0 heterocycles. The van der Waals surface area contributed by atoms with Crippen molar-refractivity contribution in [3.8, 4) is 0 Å². The molecule has 2 nitrogen and oxygen atoms in total. The normalized spacial score (nSPS) is 17.9. The number of carbonyl (C=O) groups excluding carboxylic acids is 1. The lowest BCUT2D eigenvalue weighted by atomic mass is 9.73. The molecule has 3 atom stereocenters. The number of rotatable bonds is 7. The van der Waals surface area contributed by atoms with E-state index in [2.05, 4.69) is 46.9 Å². The Balaban J connectivity index is 4.60. The van der Waals surface area contributed by atoms with Crippen molar-refractivity contribution in [2.45, 2.75) is 60.4 Å². The van der Waals surface area contributed by atoms with Gasteiger partial charge in [0.05, 0.1) is 0 Å². The van der Waals surface area contributed by atoms with Crippen LogP contribution in [-0.4, -0.2) is 18.9 Å². The molecule has 0 aliphatic heterocycles. The quantitative estimate of drug-likeness (QED) is 0.723. The van der Waals surface area contributed by atoms with E-state index in [1.54, 1.807) is 0 Å². The molecular formula is C14H29NO. The summed E-state index contributed by atoms with van der Waals surface area (Å²) in [5.41, 5.74) is -0.171. The molecule has 0 saturated carbocycles. The third kappa shape index (κ3) is 3.89. The van der Waals surface area contributed by atoms with Gasteiger partial charge in [-0.3, -0.25) is 4.79 Å². The van der Waals surface area contributed by atoms with Crippen LogP contribution in [0.4, 0.5) is 0 Å². The van der Waals surface area contributed by atoms with Crippen molar-refractivity contribution in [2.24, 2.45) is 17.3 Å². The summed E-state index contributed by atoms with van der Waals surface area (Å²) >= 11 is 0. The first kappa shape index (κ1) is 15.6. The zero-order valence-corrected chi connectivity index (χ0v) is 12.1. The molecule has 16 heavy (non-hydrogen) atoms. The first-order chi connectivity index (χ1) is 7.27. The Bertz CT molecular complexity index is 223. The highest BCUT2D eigenvalue weighted by molar-refractivity contribution is 5.86. The van der Waals surface area contributed by atoms with Crippen LogP contribution in [0.2, 0.25) is 0 Å². The summed E-state index contributed by atoms with van der Waals surface area (Å²) in [6.45, 7) is 12.7. The van der Waals surface area contributed by atoms with Gasteiger partial charge < -0.3 is 5.32 Å². The summed E-state index contributed by atoms with van der Waals surface area (Å²) < 4.78 is 0. The summed E-state index contributed by atoms with van der Waals surface area (Å²) in [6.07, 6.45) is 2.05. The van der Waals surface area contributed by atoms with Crippen LogP contribution in [0.1, 0.15) is 54.4 Å². The van der Waals surface area contributed by atoms with Crippen LogP contribution in [-0.2, 0) is 4.79 Å². The van der Waals surface area contributed by atoms with Crippen LogP contribution in [0.3, 0.4) is 0 Å². The Labute approximate surface area is 101 Å². The molecule has 0 rings (SSSR count). The molecule has 96 valence electrons.